The van der Waals surface area contributed by atoms with Crippen LogP contribution < -0.4 is 4.74 Å². The van der Waals surface area contributed by atoms with Gasteiger partial charge in [0.1, 0.15) is 5.75 Å². The Labute approximate surface area is 119 Å². The molecule has 2 rings (SSSR count). The number of hydrogen-bond donors (Lipinski definition) is 1. The fourth-order valence-corrected chi connectivity index (χ4v) is 2.53. The molecular weight excluding hydrogens is 256 g/mol. The van der Waals surface area contributed by atoms with Crippen LogP contribution in [0, 0.1) is 5.92 Å². The van der Waals surface area contributed by atoms with E-state index in [0.29, 0.717) is 25.1 Å². The van der Waals surface area contributed by atoms with Crippen LogP contribution in [0.25, 0.3) is 0 Å². The van der Waals surface area contributed by atoms with Crippen LogP contribution in [-0.4, -0.2) is 47.2 Å². The van der Waals surface area contributed by atoms with E-state index in [1.807, 2.05) is 11.0 Å². The Morgan fingerprint density at radius 3 is 3.05 bits per heavy atom. The second-order valence-electron chi connectivity index (χ2n) is 5.36. The molecule has 0 saturated carbocycles. The van der Waals surface area contributed by atoms with Gasteiger partial charge in [-0.25, -0.2) is 0 Å². The van der Waals surface area contributed by atoms with Crippen LogP contribution in [0.3, 0.4) is 0 Å². The minimum atomic E-state index is -0.338. The number of likely N-dealkylation sites (tertiary alicyclic amines) is 1. The maximum atomic E-state index is 12.1. The van der Waals surface area contributed by atoms with Crippen LogP contribution in [-0.2, 0) is 11.2 Å². The molecule has 1 aromatic rings. The molecule has 1 aromatic heterocycles. The lowest BCUT2D eigenvalue weighted by Crippen LogP contribution is -2.30. The lowest BCUT2D eigenvalue weighted by atomic mass is 10.0. The lowest BCUT2D eigenvalue weighted by Gasteiger charge is -2.17. The van der Waals surface area contributed by atoms with Gasteiger partial charge >= 0.3 is 0 Å². The molecule has 20 heavy (non-hydrogen) atoms. The number of carbonyl (C=O) groups is 1. The molecule has 5 heteroatoms. The van der Waals surface area contributed by atoms with Crippen LogP contribution in [0.5, 0.6) is 5.75 Å². The third-order valence-electron chi connectivity index (χ3n) is 3.89. The van der Waals surface area contributed by atoms with Crippen LogP contribution in [0.4, 0.5) is 0 Å². The molecule has 0 spiro atoms. The number of methoxy groups -OCH3 is 1. The van der Waals surface area contributed by atoms with Gasteiger partial charge in [0.2, 0.25) is 5.91 Å². The van der Waals surface area contributed by atoms with Crippen molar-refractivity contribution in [1.82, 2.24) is 9.88 Å². The smallest absolute Gasteiger partial charge is 0.222 e. The molecular formula is C15H22N2O3. The number of aryl methyl sites for hydroxylation is 1. The summed E-state index contributed by atoms with van der Waals surface area (Å²) in [6.45, 7) is 3.22. The molecule has 0 radical (unpaired) electrons. The largest absolute Gasteiger partial charge is 0.495 e. The first kappa shape index (κ1) is 14.8. The highest BCUT2D eigenvalue weighted by Gasteiger charge is 2.28. The maximum Gasteiger partial charge on any atom is 0.222 e. The van der Waals surface area contributed by atoms with Gasteiger partial charge in [0.05, 0.1) is 19.4 Å². The monoisotopic (exact) mass is 278 g/mol. The molecule has 1 N–H and O–H groups in total. The van der Waals surface area contributed by atoms with Gasteiger partial charge in [0, 0.05) is 31.6 Å². The summed E-state index contributed by atoms with van der Waals surface area (Å²) < 4.78 is 5.12. The number of aliphatic hydroxyl groups is 1. The van der Waals surface area contributed by atoms with Gasteiger partial charge in [-0.15, -0.1) is 0 Å². The molecule has 1 aliphatic rings. The minimum Gasteiger partial charge on any atom is -0.495 e. The van der Waals surface area contributed by atoms with Crippen molar-refractivity contribution < 1.29 is 14.6 Å². The Balaban J connectivity index is 1.83. The SMILES string of the molecule is COc1cncc(CCC(=O)N2CCC(C(C)O)C2)c1. The van der Waals surface area contributed by atoms with Gasteiger partial charge in [-0.2, -0.15) is 0 Å². The van der Waals surface area contributed by atoms with Crippen LogP contribution in [0.1, 0.15) is 25.3 Å². The number of carbonyl (C=O) groups excluding carboxylic acids is 1. The van der Waals surface area contributed by atoms with E-state index in [4.69, 9.17) is 4.74 Å². The zero-order chi connectivity index (χ0) is 14.5. The number of rotatable bonds is 5. The highest BCUT2D eigenvalue weighted by molar-refractivity contribution is 5.76. The van der Waals surface area contributed by atoms with Gasteiger partial charge in [-0.3, -0.25) is 9.78 Å². The van der Waals surface area contributed by atoms with Crippen LogP contribution in [0.2, 0.25) is 0 Å². The molecule has 1 aliphatic heterocycles. The number of hydrogen-bond acceptors (Lipinski definition) is 4. The Kier molecular flexibility index (Phi) is 4.95. The van der Waals surface area contributed by atoms with E-state index in [9.17, 15) is 9.90 Å². The Morgan fingerprint density at radius 1 is 1.60 bits per heavy atom. The quantitative estimate of drug-likeness (QED) is 0.880. The predicted molar refractivity (Wildman–Crippen MR) is 75.5 cm³/mol. The molecule has 0 aromatic carbocycles. The summed E-state index contributed by atoms with van der Waals surface area (Å²) in [6, 6.07) is 1.91. The summed E-state index contributed by atoms with van der Waals surface area (Å²) in [5.41, 5.74) is 1.00. The van der Waals surface area contributed by atoms with Gasteiger partial charge in [-0.05, 0) is 31.4 Å². The fraction of sp³-hybridized carbons (Fsp3) is 0.600. The van der Waals surface area contributed by atoms with Crippen molar-refractivity contribution >= 4 is 5.91 Å². The van der Waals surface area contributed by atoms with Crippen molar-refractivity contribution in [3.8, 4) is 5.75 Å². The van der Waals surface area contributed by atoms with Gasteiger partial charge in [0.25, 0.3) is 0 Å². The molecule has 2 unspecified atom stereocenters. The van der Waals surface area contributed by atoms with Gasteiger partial charge in [0.15, 0.2) is 0 Å². The highest BCUT2D eigenvalue weighted by atomic mass is 16.5. The number of ether oxygens (including phenoxy) is 1. The fourth-order valence-electron chi connectivity index (χ4n) is 2.53. The van der Waals surface area contributed by atoms with Gasteiger partial charge in [-0.1, -0.05) is 0 Å². The minimum absolute atomic E-state index is 0.149. The molecule has 110 valence electrons. The van der Waals surface area contributed by atoms with Crippen molar-refractivity contribution in [3.05, 3.63) is 24.0 Å². The topological polar surface area (TPSA) is 62.7 Å². The Bertz CT molecular complexity index is 462. The number of pyridine rings is 1. The van der Waals surface area contributed by atoms with E-state index < -0.39 is 0 Å². The molecule has 2 heterocycles. The standard InChI is InChI=1S/C15H22N2O3/c1-11(18)13-5-6-17(10-13)15(19)4-3-12-7-14(20-2)9-16-8-12/h7-9,11,13,18H,3-6,10H2,1-2H3. The van der Waals surface area contributed by atoms with E-state index in [1.54, 1.807) is 26.4 Å². The summed E-state index contributed by atoms with van der Waals surface area (Å²) in [7, 11) is 1.60. The molecule has 1 fully saturated rings. The number of nitrogens with zero attached hydrogens (tertiary/aromatic N) is 2. The van der Waals surface area contributed by atoms with E-state index in [-0.39, 0.29) is 17.9 Å². The van der Waals surface area contributed by atoms with E-state index in [0.717, 1.165) is 18.5 Å². The number of amides is 1. The normalized spacial score (nSPS) is 19.9. The summed E-state index contributed by atoms with van der Waals surface area (Å²) in [6.07, 6.45) is 5.11. The molecule has 5 nitrogen and oxygen atoms in total. The number of aromatic nitrogens is 1. The predicted octanol–water partition coefficient (Wildman–Crippen LogP) is 1.25. The summed E-state index contributed by atoms with van der Waals surface area (Å²) in [5.74, 6) is 1.08. The number of aliphatic hydroxyl groups excluding tert-OH is 1. The van der Waals surface area contributed by atoms with E-state index in [1.165, 1.54) is 0 Å². The van der Waals surface area contributed by atoms with Crippen molar-refractivity contribution in [2.24, 2.45) is 5.92 Å². The lowest BCUT2D eigenvalue weighted by molar-refractivity contribution is -0.130. The average Bonchev–Trinajstić information content (AvgIpc) is 2.95. The van der Waals surface area contributed by atoms with Crippen LogP contribution >= 0.6 is 0 Å². The third-order valence-corrected chi connectivity index (χ3v) is 3.89. The summed E-state index contributed by atoms with van der Waals surface area (Å²) in [5, 5.41) is 9.56. The molecule has 0 aliphatic carbocycles. The zero-order valence-electron chi connectivity index (χ0n) is 12.1. The second-order valence-corrected chi connectivity index (χ2v) is 5.36. The van der Waals surface area contributed by atoms with E-state index >= 15 is 0 Å². The van der Waals surface area contributed by atoms with E-state index in [2.05, 4.69) is 4.98 Å². The first-order chi connectivity index (χ1) is 9.60. The van der Waals surface area contributed by atoms with Crippen molar-refractivity contribution in [1.29, 1.82) is 0 Å². The summed E-state index contributed by atoms with van der Waals surface area (Å²) >= 11 is 0. The highest BCUT2D eigenvalue weighted by Crippen LogP contribution is 2.21. The summed E-state index contributed by atoms with van der Waals surface area (Å²) in [4.78, 5) is 18.1. The second kappa shape index (κ2) is 6.70. The first-order valence-electron chi connectivity index (χ1n) is 7.04. The Hall–Kier alpha value is -1.62. The third kappa shape index (κ3) is 3.70. The first-order valence-corrected chi connectivity index (χ1v) is 7.04. The molecule has 2 atom stereocenters. The van der Waals surface area contributed by atoms with Crippen LogP contribution in [0.15, 0.2) is 18.5 Å². The molecule has 1 amide bonds. The van der Waals surface area contributed by atoms with Crippen molar-refractivity contribution in [2.75, 3.05) is 20.2 Å². The maximum absolute atomic E-state index is 12.1. The van der Waals surface area contributed by atoms with Gasteiger partial charge < -0.3 is 14.7 Å². The van der Waals surface area contributed by atoms with Crippen molar-refractivity contribution in [3.63, 3.8) is 0 Å². The Morgan fingerprint density at radius 2 is 2.40 bits per heavy atom. The molecule has 0 bridgehead atoms. The van der Waals surface area contributed by atoms with Crippen molar-refractivity contribution in [2.45, 2.75) is 32.3 Å². The zero-order valence-corrected chi connectivity index (χ0v) is 12.1. The average molecular weight is 278 g/mol. The molecule has 1 saturated heterocycles.